The summed E-state index contributed by atoms with van der Waals surface area (Å²) >= 11 is 0. The summed E-state index contributed by atoms with van der Waals surface area (Å²) in [5.41, 5.74) is 1.90. The number of fused-ring (bicyclic) bond motifs is 1. The summed E-state index contributed by atoms with van der Waals surface area (Å²) in [5, 5.41) is 2.38. The van der Waals surface area contributed by atoms with Crippen molar-refractivity contribution in [2.45, 2.75) is 44.2 Å². The summed E-state index contributed by atoms with van der Waals surface area (Å²) in [4.78, 5) is 41.8. The van der Waals surface area contributed by atoms with E-state index in [1.807, 2.05) is 29.2 Å². The number of amides is 3. The van der Waals surface area contributed by atoms with Gasteiger partial charge in [-0.1, -0.05) is 37.5 Å². The van der Waals surface area contributed by atoms with Gasteiger partial charge in [0.1, 0.15) is 18.4 Å². The molecular formula is C24H26FN3O4. The summed E-state index contributed by atoms with van der Waals surface area (Å²) in [6.07, 6.45) is 4.36. The van der Waals surface area contributed by atoms with Crippen LogP contribution in [0.3, 0.4) is 0 Å². The number of methoxy groups -OCH3 is 1. The Morgan fingerprint density at radius 3 is 2.47 bits per heavy atom. The Kier molecular flexibility index (Phi) is 6.39. The van der Waals surface area contributed by atoms with E-state index in [1.54, 1.807) is 0 Å². The Labute approximate surface area is 186 Å². The molecule has 2 aromatic rings. The first-order valence-corrected chi connectivity index (χ1v) is 10.8. The average Bonchev–Trinajstić information content (AvgIpc) is 3.11. The van der Waals surface area contributed by atoms with Crippen LogP contribution in [0.15, 0.2) is 48.5 Å². The third-order valence-electron chi connectivity index (χ3n) is 6.10. The van der Waals surface area contributed by atoms with Crippen molar-refractivity contribution in [3.8, 4) is 0 Å². The van der Waals surface area contributed by atoms with Gasteiger partial charge >= 0.3 is 6.09 Å². The van der Waals surface area contributed by atoms with Crippen molar-refractivity contribution in [2.24, 2.45) is 0 Å². The van der Waals surface area contributed by atoms with Crippen molar-refractivity contribution >= 4 is 29.3 Å². The van der Waals surface area contributed by atoms with Crippen LogP contribution in [0.1, 0.15) is 43.7 Å². The zero-order chi connectivity index (χ0) is 22.7. The van der Waals surface area contributed by atoms with Crippen molar-refractivity contribution in [1.82, 2.24) is 5.32 Å². The van der Waals surface area contributed by atoms with Gasteiger partial charge in [-0.25, -0.2) is 9.18 Å². The average molecular weight is 439 g/mol. The Morgan fingerprint density at radius 2 is 1.78 bits per heavy atom. The zero-order valence-corrected chi connectivity index (χ0v) is 17.9. The molecule has 1 heterocycles. The summed E-state index contributed by atoms with van der Waals surface area (Å²) in [6.45, 7) is -0.362. The van der Waals surface area contributed by atoms with E-state index in [2.05, 4.69) is 10.1 Å². The lowest BCUT2D eigenvalue weighted by atomic mass is 9.94. The van der Waals surface area contributed by atoms with E-state index in [0.717, 1.165) is 43.4 Å². The minimum absolute atomic E-state index is 0.0840. The van der Waals surface area contributed by atoms with Gasteiger partial charge in [0.15, 0.2) is 0 Å². The molecule has 1 aliphatic carbocycles. The molecule has 168 valence electrons. The number of ether oxygens (including phenoxy) is 1. The van der Waals surface area contributed by atoms with Crippen LogP contribution < -0.4 is 15.1 Å². The second-order valence-electron chi connectivity index (χ2n) is 8.05. The monoisotopic (exact) mass is 439 g/mol. The topological polar surface area (TPSA) is 79.0 Å². The molecule has 1 unspecified atom stereocenters. The number of alkyl carbamates (subject to hydrolysis) is 1. The number of carbonyl (C=O) groups excluding carboxylic acids is 3. The lowest BCUT2D eigenvalue weighted by molar-refractivity contribution is -0.124. The van der Waals surface area contributed by atoms with E-state index in [-0.39, 0.29) is 18.5 Å². The van der Waals surface area contributed by atoms with Crippen LogP contribution in [0.4, 0.5) is 20.6 Å². The van der Waals surface area contributed by atoms with Gasteiger partial charge in [-0.15, -0.1) is 0 Å². The molecule has 32 heavy (non-hydrogen) atoms. The number of rotatable bonds is 5. The smallest absolute Gasteiger partial charge is 0.407 e. The molecule has 3 amide bonds. The molecule has 2 aliphatic rings. The van der Waals surface area contributed by atoms with E-state index < -0.39 is 23.9 Å². The highest BCUT2D eigenvalue weighted by molar-refractivity contribution is 6.12. The Bertz CT molecular complexity index is 1000. The number of carbonyl (C=O) groups is 3. The maximum Gasteiger partial charge on any atom is 0.407 e. The van der Waals surface area contributed by atoms with Gasteiger partial charge < -0.3 is 15.0 Å². The second-order valence-corrected chi connectivity index (χ2v) is 8.05. The molecule has 0 spiro atoms. The molecule has 2 aromatic carbocycles. The van der Waals surface area contributed by atoms with Crippen molar-refractivity contribution in [1.29, 1.82) is 0 Å². The first kappa shape index (κ1) is 21.8. The molecule has 1 N–H and O–H groups in total. The van der Waals surface area contributed by atoms with Gasteiger partial charge in [0.25, 0.3) is 5.91 Å². The van der Waals surface area contributed by atoms with E-state index >= 15 is 0 Å². The Balaban J connectivity index is 1.74. The minimum Gasteiger partial charge on any atom is -0.453 e. The molecule has 0 radical (unpaired) electrons. The molecule has 1 atom stereocenters. The van der Waals surface area contributed by atoms with Crippen molar-refractivity contribution in [2.75, 3.05) is 23.5 Å². The second kappa shape index (κ2) is 9.38. The molecule has 1 fully saturated rings. The Hall–Kier alpha value is -3.42. The highest BCUT2D eigenvalue weighted by Crippen LogP contribution is 2.44. The Morgan fingerprint density at radius 1 is 1.09 bits per heavy atom. The number of hydrogen-bond acceptors (Lipinski definition) is 4. The molecule has 0 bridgehead atoms. The summed E-state index contributed by atoms with van der Waals surface area (Å²) < 4.78 is 18.2. The van der Waals surface area contributed by atoms with Crippen LogP contribution in [0.25, 0.3) is 0 Å². The molecule has 1 aliphatic heterocycles. The van der Waals surface area contributed by atoms with Crippen molar-refractivity contribution in [3.63, 3.8) is 0 Å². The highest BCUT2D eigenvalue weighted by Gasteiger charge is 2.45. The molecule has 7 nitrogen and oxygen atoms in total. The van der Waals surface area contributed by atoms with Gasteiger partial charge in [-0.2, -0.15) is 0 Å². The number of benzene rings is 2. The van der Waals surface area contributed by atoms with Crippen LogP contribution in [0.5, 0.6) is 0 Å². The van der Waals surface area contributed by atoms with E-state index in [1.165, 1.54) is 36.3 Å². The predicted octanol–water partition coefficient (Wildman–Crippen LogP) is 3.94. The largest absolute Gasteiger partial charge is 0.453 e. The number of anilines is 2. The third kappa shape index (κ3) is 4.17. The van der Waals surface area contributed by atoms with Gasteiger partial charge in [0.05, 0.1) is 7.11 Å². The van der Waals surface area contributed by atoms with Crippen LogP contribution in [-0.2, 0) is 14.3 Å². The van der Waals surface area contributed by atoms with Gasteiger partial charge in [0, 0.05) is 23.0 Å². The van der Waals surface area contributed by atoms with Crippen molar-refractivity contribution < 1.29 is 23.5 Å². The predicted molar refractivity (Wildman–Crippen MR) is 118 cm³/mol. The first-order valence-electron chi connectivity index (χ1n) is 10.8. The van der Waals surface area contributed by atoms with Gasteiger partial charge in [-0.05, 0) is 43.2 Å². The van der Waals surface area contributed by atoms with Gasteiger partial charge in [-0.3, -0.25) is 14.5 Å². The number of halogens is 1. The maximum atomic E-state index is 13.8. The molecule has 4 rings (SSSR count). The summed E-state index contributed by atoms with van der Waals surface area (Å²) in [5.74, 6) is -1.13. The summed E-state index contributed by atoms with van der Waals surface area (Å²) in [6, 6.07) is 12.1. The molecule has 0 aromatic heterocycles. The molecule has 8 heteroatoms. The molecule has 1 saturated carbocycles. The fourth-order valence-corrected chi connectivity index (χ4v) is 4.63. The SMILES string of the molecule is COC(=O)NCC(=O)N(c1ccc(F)cc1)C1C(=O)N(C2CCCCC2)c2ccccc21. The normalized spacial score (nSPS) is 18.2. The van der Waals surface area contributed by atoms with Crippen LogP contribution >= 0.6 is 0 Å². The van der Waals surface area contributed by atoms with Crippen LogP contribution in [0, 0.1) is 5.82 Å². The molecule has 0 saturated heterocycles. The number of nitrogens with one attached hydrogen (secondary N) is 1. The minimum atomic E-state index is -0.898. The zero-order valence-electron chi connectivity index (χ0n) is 17.9. The standard InChI is InChI=1S/C24H26FN3O4/c1-32-24(31)26-15-21(29)28(18-13-11-16(25)12-14-18)22-19-9-5-6-10-20(19)27(23(22)30)17-7-3-2-4-8-17/h5-6,9-14,17,22H,2-4,7-8,15H2,1H3,(H,26,31). The van der Waals surface area contributed by atoms with E-state index in [4.69, 9.17) is 0 Å². The fraction of sp³-hybridized carbons (Fsp3) is 0.375. The highest BCUT2D eigenvalue weighted by atomic mass is 19.1. The van der Waals surface area contributed by atoms with Gasteiger partial charge in [0.2, 0.25) is 5.91 Å². The van der Waals surface area contributed by atoms with E-state index in [9.17, 15) is 18.8 Å². The van der Waals surface area contributed by atoms with Crippen LogP contribution in [-0.4, -0.2) is 37.6 Å². The quantitative estimate of drug-likeness (QED) is 0.766. The number of nitrogens with zero attached hydrogens (tertiary/aromatic N) is 2. The molecular weight excluding hydrogens is 413 g/mol. The number of hydrogen-bond donors (Lipinski definition) is 1. The van der Waals surface area contributed by atoms with Crippen molar-refractivity contribution in [3.05, 3.63) is 59.9 Å². The lowest BCUT2D eigenvalue weighted by Gasteiger charge is -2.33. The maximum absolute atomic E-state index is 13.8. The fourth-order valence-electron chi connectivity index (χ4n) is 4.63. The van der Waals surface area contributed by atoms with E-state index in [0.29, 0.717) is 5.69 Å². The van der Waals surface area contributed by atoms with Crippen LogP contribution in [0.2, 0.25) is 0 Å². The third-order valence-corrected chi connectivity index (χ3v) is 6.10. The number of para-hydroxylation sites is 1. The first-order chi connectivity index (χ1) is 15.5. The lowest BCUT2D eigenvalue weighted by Crippen LogP contribution is -2.47. The summed E-state index contributed by atoms with van der Waals surface area (Å²) in [7, 11) is 1.20.